The number of esters is 1. The molecule has 4 heteroatoms. The number of carbonyl (C=O) groups is 1. The van der Waals surface area contributed by atoms with Crippen molar-refractivity contribution in [1.29, 1.82) is 0 Å². The Kier molecular flexibility index (Phi) is 2.64. The van der Waals surface area contributed by atoms with Gasteiger partial charge < -0.3 is 15.2 Å². The van der Waals surface area contributed by atoms with Crippen molar-refractivity contribution in [1.82, 2.24) is 0 Å². The van der Waals surface area contributed by atoms with Gasteiger partial charge in [0.25, 0.3) is 0 Å². The van der Waals surface area contributed by atoms with Crippen LogP contribution in [0.1, 0.15) is 25.7 Å². The van der Waals surface area contributed by atoms with E-state index in [-0.39, 0.29) is 24.0 Å². The molecule has 3 rings (SSSR count). The Hall–Kier alpha value is -0.610. The van der Waals surface area contributed by atoms with Crippen LogP contribution in [0.4, 0.5) is 0 Å². The summed E-state index contributed by atoms with van der Waals surface area (Å²) in [5, 5.41) is 0. The molecule has 90 valence electrons. The fraction of sp³-hybridized carbons (Fsp3) is 0.917. The molecule has 2 aliphatic carbocycles. The molecule has 16 heavy (non-hydrogen) atoms. The van der Waals surface area contributed by atoms with Crippen molar-refractivity contribution in [3.05, 3.63) is 0 Å². The molecule has 0 spiro atoms. The van der Waals surface area contributed by atoms with Crippen LogP contribution in [0.2, 0.25) is 0 Å². The first-order valence-electron chi connectivity index (χ1n) is 6.29. The lowest BCUT2D eigenvalue weighted by Crippen LogP contribution is -2.42. The van der Waals surface area contributed by atoms with Crippen LogP contribution in [-0.2, 0) is 14.3 Å². The average Bonchev–Trinajstić information content (AvgIpc) is 2.92. The predicted octanol–water partition coefficient (Wildman–Crippen LogP) is 0.692. The second-order valence-corrected chi connectivity index (χ2v) is 5.36. The van der Waals surface area contributed by atoms with Gasteiger partial charge in [0, 0.05) is 12.5 Å². The lowest BCUT2D eigenvalue weighted by atomic mass is 9.85. The molecule has 1 aliphatic heterocycles. The second-order valence-electron chi connectivity index (χ2n) is 5.36. The standard InChI is InChI=1S/C12H19NO3/c13-11-8-2-1-7(5-8)10(11)12(14)16-9-3-4-15-6-9/h7-11H,1-6,13H2. The Morgan fingerprint density at radius 2 is 2.06 bits per heavy atom. The van der Waals surface area contributed by atoms with Crippen LogP contribution in [-0.4, -0.2) is 31.3 Å². The van der Waals surface area contributed by atoms with Gasteiger partial charge in [0.1, 0.15) is 6.10 Å². The summed E-state index contributed by atoms with van der Waals surface area (Å²) in [6.07, 6.45) is 4.28. The van der Waals surface area contributed by atoms with Gasteiger partial charge in [-0.25, -0.2) is 0 Å². The summed E-state index contributed by atoms with van der Waals surface area (Å²) in [7, 11) is 0. The average molecular weight is 225 g/mol. The molecule has 3 fully saturated rings. The van der Waals surface area contributed by atoms with Gasteiger partial charge in [0.2, 0.25) is 0 Å². The van der Waals surface area contributed by atoms with Crippen molar-refractivity contribution in [2.75, 3.05) is 13.2 Å². The zero-order chi connectivity index (χ0) is 11.1. The first-order chi connectivity index (χ1) is 7.75. The molecular formula is C12H19NO3. The highest BCUT2D eigenvalue weighted by Crippen LogP contribution is 2.48. The van der Waals surface area contributed by atoms with Gasteiger partial charge in [-0.05, 0) is 31.1 Å². The van der Waals surface area contributed by atoms with E-state index in [9.17, 15) is 4.79 Å². The molecular weight excluding hydrogens is 206 g/mol. The van der Waals surface area contributed by atoms with Gasteiger partial charge in [0.05, 0.1) is 19.1 Å². The third kappa shape index (κ3) is 1.64. The Labute approximate surface area is 95.5 Å². The smallest absolute Gasteiger partial charge is 0.311 e. The normalized spacial score (nSPS) is 46.2. The minimum Gasteiger partial charge on any atom is -0.460 e. The third-order valence-corrected chi connectivity index (χ3v) is 4.42. The number of fused-ring (bicyclic) bond motifs is 2. The van der Waals surface area contributed by atoms with Crippen molar-refractivity contribution in [2.45, 2.75) is 37.8 Å². The molecule has 0 aromatic rings. The van der Waals surface area contributed by atoms with E-state index in [1.807, 2.05) is 0 Å². The van der Waals surface area contributed by atoms with Crippen LogP contribution >= 0.6 is 0 Å². The van der Waals surface area contributed by atoms with Crippen molar-refractivity contribution >= 4 is 5.97 Å². The van der Waals surface area contributed by atoms with Gasteiger partial charge >= 0.3 is 5.97 Å². The highest BCUT2D eigenvalue weighted by molar-refractivity contribution is 5.74. The van der Waals surface area contributed by atoms with Gasteiger partial charge in [0.15, 0.2) is 0 Å². The molecule has 0 amide bonds. The summed E-state index contributed by atoms with van der Waals surface area (Å²) in [4.78, 5) is 12.0. The maximum atomic E-state index is 12.0. The van der Waals surface area contributed by atoms with Crippen molar-refractivity contribution in [2.24, 2.45) is 23.5 Å². The molecule has 5 atom stereocenters. The minimum absolute atomic E-state index is 0.0289. The number of hydrogen-bond donors (Lipinski definition) is 1. The molecule has 2 bridgehead atoms. The molecule has 3 aliphatic rings. The van der Waals surface area contributed by atoms with E-state index < -0.39 is 0 Å². The summed E-state index contributed by atoms with van der Waals surface area (Å²) in [5.74, 6) is 0.923. The number of carbonyl (C=O) groups excluding carboxylic acids is 1. The zero-order valence-electron chi connectivity index (χ0n) is 9.43. The lowest BCUT2D eigenvalue weighted by Gasteiger charge is -2.27. The Morgan fingerprint density at radius 1 is 1.25 bits per heavy atom. The molecule has 2 N–H and O–H groups in total. The Bertz CT molecular complexity index is 286. The molecule has 1 heterocycles. The van der Waals surface area contributed by atoms with Gasteiger partial charge in [-0.1, -0.05) is 0 Å². The number of ether oxygens (including phenoxy) is 2. The summed E-state index contributed by atoms with van der Waals surface area (Å²) >= 11 is 0. The summed E-state index contributed by atoms with van der Waals surface area (Å²) in [5.41, 5.74) is 6.11. The predicted molar refractivity (Wildman–Crippen MR) is 57.6 cm³/mol. The Morgan fingerprint density at radius 3 is 2.69 bits per heavy atom. The first-order valence-corrected chi connectivity index (χ1v) is 6.29. The van der Waals surface area contributed by atoms with Gasteiger partial charge in [-0.3, -0.25) is 4.79 Å². The quantitative estimate of drug-likeness (QED) is 0.702. The van der Waals surface area contributed by atoms with E-state index in [0.29, 0.717) is 25.0 Å². The van der Waals surface area contributed by atoms with Crippen LogP contribution in [0.15, 0.2) is 0 Å². The molecule has 0 radical (unpaired) electrons. The zero-order valence-corrected chi connectivity index (χ0v) is 9.43. The van der Waals surface area contributed by atoms with E-state index in [1.165, 1.54) is 6.42 Å². The minimum atomic E-state index is -0.0739. The van der Waals surface area contributed by atoms with E-state index in [1.54, 1.807) is 0 Å². The third-order valence-electron chi connectivity index (χ3n) is 4.42. The van der Waals surface area contributed by atoms with Crippen LogP contribution in [0.3, 0.4) is 0 Å². The van der Waals surface area contributed by atoms with Gasteiger partial charge in [-0.15, -0.1) is 0 Å². The van der Waals surface area contributed by atoms with Crippen molar-refractivity contribution < 1.29 is 14.3 Å². The highest BCUT2D eigenvalue weighted by Gasteiger charge is 2.50. The maximum Gasteiger partial charge on any atom is 0.311 e. The molecule has 1 saturated heterocycles. The van der Waals surface area contributed by atoms with E-state index >= 15 is 0 Å². The molecule has 5 unspecified atom stereocenters. The second kappa shape index (κ2) is 4.00. The maximum absolute atomic E-state index is 12.0. The Balaban J connectivity index is 1.61. The fourth-order valence-corrected chi connectivity index (χ4v) is 3.53. The highest BCUT2D eigenvalue weighted by atomic mass is 16.6. The van der Waals surface area contributed by atoms with Crippen molar-refractivity contribution in [3.8, 4) is 0 Å². The van der Waals surface area contributed by atoms with Crippen LogP contribution in [0.5, 0.6) is 0 Å². The summed E-state index contributed by atoms with van der Waals surface area (Å²) in [6, 6.07) is 0.0357. The molecule has 0 aromatic heterocycles. The van der Waals surface area contributed by atoms with Crippen LogP contribution < -0.4 is 5.73 Å². The lowest BCUT2D eigenvalue weighted by molar-refractivity contribution is -0.156. The van der Waals surface area contributed by atoms with Crippen LogP contribution in [0.25, 0.3) is 0 Å². The fourth-order valence-electron chi connectivity index (χ4n) is 3.53. The van der Waals surface area contributed by atoms with Crippen molar-refractivity contribution in [3.63, 3.8) is 0 Å². The first kappa shape index (κ1) is 10.5. The van der Waals surface area contributed by atoms with E-state index in [2.05, 4.69) is 0 Å². The topological polar surface area (TPSA) is 61.6 Å². The molecule has 2 saturated carbocycles. The number of nitrogens with two attached hydrogens (primary N) is 1. The van der Waals surface area contributed by atoms with E-state index in [0.717, 1.165) is 19.3 Å². The largest absolute Gasteiger partial charge is 0.460 e. The van der Waals surface area contributed by atoms with Crippen LogP contribution in [0, 0.1) is 17.8 Å². The van der Waals surface area contributed by atoms with Gasteiger partial charge in [-0.2, -0.15) is 0 Å². The number of hydrogen-bond acceptors (Lipinski definition) is 4. The summed E-state index contributed by atoms with van der Waals surface area (Å²) in [6.45, 7) is 1.27. The monoisotopic (exact) mass is 225 g/mol. The van der Waals surface area contributed by atoms with E-state index in [4.69, 9.17) is 15.2 Å². The molecule has 4 nitrogen and oxygen atoms in total. The summed E-state index contributed by atoms with van der Waals surface area (Å²) < 4.78 is 10.7. The SMILES string of the molecule is NC1C2CCC(C2)C1C(=O)OC1CCOC1. The number of rotatable bonds is 2. The molecule has 0 aromatic carbocycles.